The average molecular weight is 218 g/mol. The van der Waals surface area contributed by atoms with Crippen molar-refractivity contribution < 1.29 is 22.7 Å². The molecule has 0 aliphatic carbocycles. The zero-order chi connectivity index (χ0) is 11.5. The molecular formula is C10H9F3O2. The van der Waals surface area contributed by atoms with E-state index in [-0.39, 0.29) is 5.56 Å². The zero-order valence-corrected chi connectivity index (χ0v) is 7.97. The Bertz CT molecular complexity index is 346. The molecule has 82 valence electrons. The quantitative estimate of drug-likeness (QED) is 0.728. The first-order valence-corrected chi connectivity index (χ1v) is 4.19. The van der Waals surface area contributed by atoms with Crippen LogP contribution in [0.5, 0.6) is 0 Å². The first-order chi connectivity index (χ1) is 6.92. The summed E-state index contributed by atoms with van der Waals surface area (Å²) in [5.41, 5.74) is -0.384. The van der Waals surface area contributed by atoms with Crippen molar-refractivity contribution in [2.75, 3.05) is 6.61 Å². The summed E-state index contributed by atoms with van der Waals surface area (Å²) < 4.78 is 43.2. The van der Waals surface area contributed by atoms with Gasteiger partial charge in [0.15, 0.2) is 6.61 Å². The van der Waals surface area contributed by atoms with E-state index in [4.69, 9.17) is 0 Å². The van der Waals surface area contributed by atoms with Crippen LogP contribution in [0.2, 0.25) is 0 Å². The van der Waals surface area contributed by atoms with Crippen molar-refractivity contribution >= 4 is 5.97 Å². The van der Waals surface area contributed by atoms with Gasteiger partial charge in [-0.2, -0.15) is 8.78 Å². The third-order valence-corrected chi connectivity index (χ3v) is 1.72. The predicted octanol–water partition coefficient (Wildman–Crippen LogP) is 2.48. The Kier molecular flexibility index (Phi) is 3.34. The van der Waals surface area contributed by atoms with Gasteiger partial charge >= 0.3 is 11.9 Å². The summed E-state index contributed by atoms with van der Waals surface area (Å²) >= 11 is 0. The standard InChI is InChI=1S/C10H9F3O2/c1-7(14)15-6-10(12,13)8-2-4-9(11)5-3-8/h2-5H,6H2,1H3. The highest BCUT2D eigenvalue weighted by Gasteiger charge is 2.32. The fourth-order valence-electron chi connectivity index (χ4n) is 0.969. The largest absolute Gasteiger partial charge is 0.459 e. The molecule has 1 rings (SSSR count). The lowest BCUT2D eigenvalue weighted by atomic mass is 10.1. The number of esters is 1. The maximum Gasteiger partial charge on any atom is 0.306 e. The fourth-order valence-corrected chi connectivity index (χ4v) is 0.969. The Balaban J connectivity index is 2.76. The molecule has 0 N–H and O–H groups in total. The van der Waals surface area contributed by atoms with Crippen LogP contribution < -0.4 is 0 Å². The van der Waals surface area contributed by atoms with E-state index in [0.29, 0.717) is 0 Å². The fraction of sp³-hybridized carbons (Fsp3) is 0.300. The van der Waals surface area contributed by atoms with Crippen molar-refractivity contribution in [3.63, 3.8) is 0 Å². The van der Waals surface area contributed by atoms with Crippen LogP contribution in [0.3, 0.4) is 0 Å². The summed E-state index contributed by atoms with van der Waals surface area (Å²) in [5, 5.41) is 0. The Morgan fingerprint density at radius 1 is 1.33 bits per heavy atom. The van der Waals surface area contributed by atoms with Gasteiger partial charge in [-0.05, 0) is 12.1 Å². The lowest BCUT2D eigenvalue weighted by Crippen LogP contribution is -2.22. The molecule has 0 spiro atoms. The van der Waals surface area contributed by atoms with E-state index in [1.54, 1.807) is 0 Å². The van der Waals surface area contributed by atoms with Gasteiger partial charge in [-0.15, -0.1) is 0 Å². The molecule has 0 aliphatic heterocycles. The molecule has 2 nitrogen and oxygen atoms in total. The third kappa shape index (κ3) is 3.27. The van der Waals surface area contributed by atoms with Gasteiger partial charge in [0.1, 0.15) is 5.82 Å². The molecule has 0 heterocycles. The lowest BCUT2D eigenvalue weighted by Gasteiger charge is -2.15. The molecule has 5 heteroatoms. The summed E-state index contributed by atoms with van der Waals surface area (Å²) in [6.07, 6.45) is 0. The van der Waals surface area contributed by atoms with Gasteiger partial charge in [-0.1, -0.05) is 12.1 Å². The number of halogens is 3. The molecule has 0 radical (unpaired) electrons. The molecule has 1 aromatic rings. The lowest BCUT2D eigenvalue weighted by molar-refractivity contribution is -0.153. The minimum absolute atomic E-state index is 0.384. The minimum atomic E-state index is -3.29. The number of rotatable bonds is 3. The minimum Gasteiger partial charge on any atom is -0.459 e. The molecule has 0 fully saturated rings. The third-order valence-electron chi connectivity index (χ3n) is 1.72. The van der Waals surface area contributed by atoms with Gasteiger partial charge in [0, 0.05) is 12.5 Å². The number of hydrogen-bond donors (Lipinski definition) is 0. The second-order valence-electron chi connectivity index (χ2n) is 2.99. The van der Waals surface area contributed by atoms with E-state index >= 15 is 0 Å². The number of alkyl halides is 2. The SMILES string of the molecule is CC(=O)OCC(F)(F)c1ccc(F)cc1. The van der Waals surface area contributed by atoms with Crippen molar-refractivity contribution in [1.29, 1.82) is 0 Å². The normalized spacial score (nSPS) is 11.2. The Morgan fingerprint density at radius 3 is 2.33 bits per heavy atom. The number of hydrogen-bond acceptors (Lipinski definition) is 2. The summed E-state index contributed by atoms with van der Waals surface area (Å²) in [7, 11) is 0. The number of carbonyl (C=O) groups excluding carboxylic acids is 1. The topological polar surface area (TPSA) is 26.3 Å². The van der Waals surface area contributed by atoms with E-state index in [9.17, 15) is 18.0 Å². The second kappa shape index (κ2) is 4.33. The zero-order valence-electron chi connectivity index (χ0n) is 7.97. The Morgan fingerprint density at radius 2 is 1.87 bits per heavy atom. The Hall–Kier alpha value is -1.52. The number of benzene rings is 1. The highest BCUT2D eigenvalue weighted by molar-refractivity contribution is 5.65. The van der Waals surface area contributed by atoms with Crippen LogP contribution in [-0.4, -0.2) is 12.6 Å². The molecular weight excluding hydrogens is 209 g/mol. The van der Waals surface area contributed by atoms with Gasteiger partial charge < -0.3 is 4.74 Å². The average Bonchev–Trinajstić information content (AvgIpc) is 2.16. The molecule has 0 unspecified atom stereocenters. The van der Waals surface area contributed by atoms with Crippen LogP contribution >= 0.6 is 0 Å². The van der Waals surface area contributed by atoms with Crippen molar-refractivity contribution in [3.05, 3.63) is 35.6 Å². The van der Waals surface area contributed by atoms with E-state index < -0.39 is 24.3 Å². The van der Waals surface area contributed by atoms with Gasteiger partial charge in [0.05, 0.1) is 0 Å². The molecule has 0 saturated carbocycles. The second-order valence-corrected chi connectivity index (χ2v) is 2.99. The summed E-state index contributed by atoms with van der Waals surface area (Å²) in [6.45, 7) is 0.00864. The number of carbonyl (C=O) groups is 1. The maximum absolute atomic E-state index is 13.2. The van der Waals surface area contributed by atoms with E-state index in [0.717, 1.165) is 31.2 Å². The first kappa shape index (κ1) is 11.6. The van der Waals surface area contributed by atoms with E-state index in [2.05, 4.69) is 4.74 Å². The van der Waals surface area contributed by atoms with Crippen molar-refractivity contribution in [1.82, 2.24) is 0 Å². The predicted molar refractivity (Wildman–Crippen MR) is 46.9 cm³/mol. The molecule has 0 bridgehead atoms. The molecule has 0 saturated heterocycles. The summed E-state index contributed by atoms with van der Waals surface area (Å²) in [6, 6.07) is 3.77. The van der Waals surface area contributed by atoms with E-state index in [1.165, 1.54) is 0 Å². The first-order valence-electron chi connectivity index (χ1n) is 4.19. The molecule has 0 aromatic heterocycles. The van der Waals surface area contributed by atoms with Gasteiger partial charge in [0.25, 0.3) is 0 Å². The molecule has 0 amide bonds. The van der Waals surface area contributed by atoms with Crippen LogP contribution in [-0.2, 0) is 15.5 Å². The molecule has 0 aliphatic rings. The highest BCUT2D eigenvalue weighted by atomic mass is 19.3. The van der Waals surface area contributed by atoms with Crippen LogP contribution in [0, 0.1) is 5.82 Å². The molecule has 1 aromatic carbocycles. The van der Waals surface area contributed by atoms with Gasteiger partial charge in [0.2, 0.25) is 0 Å². The molecule has 15 heavy (non-hydrogen) atoms. The summed E-state index contributed by atoms with van der Waals surface area (Å²) in [4.78, 5) is 10.4. The highest BCUT2D eigenvalue weighted by Crippen LogP contribution is 2.28. The number of ether oxygens (including phenoxy) is 1. The van der Waals surface area contributed by atoms with Crippen molar-refractivity contribution in [2.45, 2.75) is 12.8 Å². The smallest absolute Gasteiger partial charge is 0.306 e. The molecule has 0 atom stereocenters. The summed E-state index contributed by atoms with van der Waals surface area (Å²) in [5.74, 6) is -4.67. The van der Waals surface area contributed by atoms with Crippen LogP contribution in [0.25, 0.3) is 0 Å². The maximum atomic E-state index is 13.2. The van der Waals surface area contributed by atoms with Gasteiger partial charge in [-0.3, -0.25) is 4.79 Å². The van der Waals surface area contributed by atoms with Gasteiger partial charge in [-0.25, -0.2) is 4.39 Å². The Labute approximate surface area is 84.7 Å². The monoisotopic (exact) mass is 218 g/mol. The van der Waals surface area contributed by atoms with Crippen molar-refractivity contribution in [3.8, 4) is 0 Å². The van der Waals surface area contributed by atoms with E-state index in [1.807, 2.05) is 0 Å². The van der Waals surface area contributed by atoms with Crippen molar-refractivity contribution in [2.24, 2.45) is 0 Å². The van der Waals surface area contributed by atoms with Crippen LogP contribution in [0.15, 0.2) is 24.3 Å². The van der Waals surface area contributed by atoms with Crippen LogP contribution in [0.1, 0.15) is 12.5 Å². The van der Waals surface area contributed by atoms with Crippen LogP contribution in [0.4, 0.5) is 13.2 Å².